The van der Waals surface area contributed by atoms with Crippen LogP contribution in [0.1, 0.15) is 72.1 Å². The van der Waals surface area contributed by atoms with Gasteiger partial charge in [0.1, 0.15) is 5.78 Å². The van der Waals surface area contributed by atoms with Gasteiger partial charge in [-0.15, -0.1) is 0 Å². The van der Waals surface area contributed by atoms with E-state index in [0.29, 0.717) is 25.4 Å². The van der Waals surface area contributed by atoms with Crippen molar-refractivity contribution < 1.29 is 14.4 Å². The van der Waals surface area contributed by atoms with Crippen LogP contribution in [0.4, 0.5) is 0 Å². The predicted molar refractivity (Wildman–Crippen MR) is 96.8 cm³/mol. The maximum absolute atomic E-state index is 11.6. The Balaban J connectivity index is 3.42. The molecule has 0 rings (SSSR count). The third kappa shape index (κ3) is 16.9. The van der Waals surface area contributed by atoms with Crippen LogP contribution in [0, 0.1) is 0 Å². The maximum atomic E-state index is 11.6. The van der Waals surface area contributed by atoms with E-state index >= 15 is 0 Å². The van der Waals surface area contributed by atoms with Crippen LogP contribution in [0.5, 0.6) is 0 Å². The zero-order chi connectivity index (χ0) is 18.2. The maximum Gasteiger partial charge on any atom is 0.239 e. The number of ketones is 1. The Bertz CT molecular complexity index is 371. The molecule has 0 radical (unpaired) electrons. The van der Waals surface area contributed by atoms with Crippen LogP contribution in [-0.4, -0.2) is 43.3 Å². The molecule has 3 N–H and O–H groups in total. The van der Waals surface area contributed by atoms with Gasteiger partial charge in [-0.25, -0.2) is 0 Å². The van der Waals surface area contributed by atoms with Crippen molar-refractivity contribution >= 4 is 17.6 Å². The number of carbonyl (C=O) groups excluding carboxylic acids is 3. The van der Waals surface area contributed by atoms with Gasteiger partial charge in [0.25, 0.3) is 0 Å². The van der Waals surface area contributed by atoms with Gasteiger partial charge in [0, 0.05) is 25.4 Å². The van der Waals surface area contributed by atoms with E-state index < -0.39 is 0 Å². The number of Topliss-reactive ketones (excluding diaryl/α,β-unsaturated/α-hetero) is 1. The second-order valence-corrected chi connectivity index (χ2v) is 6.56. The lowest BCUT2D eigenvalue weighted by atomic mass is 10.1. The summed E-state index contributed by atoms with van der Waals surface area (Å²) in [7, 11) is 0. The fourth-order valence-electron chi connectivity index (χ4n) is 2.21. The summed E-state index contributed by atoms with van der Waals surface area (Å²) in [6.07, 6.45) is 6.67. The second kappa shape index (κ2) is 15.1. The second-order valence-electron chi connectivity index (χ2n) is 6.56. The number of unbranched alkanes of at least 4 members (excludes halogenated alkanes) is 4. The van der Waals surface area contributed by atoms with Crippen molar-refractivity contribution in [1.82, 2.24) is 16.0 Å². The van der Waals surface area contributed by atoms with Crippen molar-refractivity contribution in [3.05, 3.63) is 0 Å². The molecule has 0 atom stereocenters. The molecule has 0 aliphatic heterocycles. The molecule has 140 valence electrons. The largest absolute Gasteiger partial charge is 0.355 e. The first-order chi connectivity index (χ1) is 11.4. The van der Waals surface area contributed by atoms with Crippen molar-refractivity contribution in [2.24, 2.45) is 0 Å². The molecule has 0 aromatic heterocycles. The molecular formula is C18H35N3O3. The molecule has 0 aromatic carbocycles. The molecular weight excluding hydrogens is 306 g/mol. The van der Waals surface area contributed by atoms with Gasteiger partial charge in [0.2, 0.25) is 11.8 Å². The first kappa shape index (κ1) is 22.6. The summed E-state index contributed by atoms with van der Waals surface area (Å²) in [6.45, 7) is 7.44. The Hall–Kier alpha value is -1.43. The smallest absolute Gasteiger partial charge is 0.239 e. The van der Waals surface area contributed by atoms with Crippen LogP contribution < -0.4 is 16.0 Å². The first-order valence-electron chi connectivity index (χ1n) is 9.18. The minimum absolute atomic E-state index is 0.0428. The highest BCUT2D eigenvalue weighted by Crippen LogP contribution is 2.00. The Morgan fingerprint density at radius 3 is 2.00 bits per heavy atom. The van der Waals surface area contributed by atoms with Crippen molar-refractivity contribution in [2.75, 3.05) is 19.6 Å². The zero-order valence-electron chi connectivity index (χ0n) is 15.6. The fourth-order valence-corrected chi connectivity index (χ4v) is 2.21. The van der Waals surface area contributed by atoms with Crippen molar-refractivity contribution in [3.63, 3.8) is 0 Å². The Kier molecular flexibility index (Phi) is 14.2. The van der Waals surface area contributed by atoms with E-state index in [1.54, 1.807) is 6.92 Å². The summed E-state index contributed by atoms with van der Waals surface area (Å²) in [5, 5.41) is 8.76. The van der Waals surface area contributed by atoms with Crippen LogP contribution in [-0.2, 0) is 14.4 Å². The highest BCUT2D eigenvalue weighted by molar-refractivity contribution is 5.84. The number of hydrogen-bond acceptors (Lipinski definition) is 4. The summed E-state index contributed by atoms with van der Waals surface area (Å²) < 4.78 is 0. The highest BCUT2D eigenvalue weighted by Gasteiger charge is 2.05. The van der Waals surface area contributed by atoms with E-state index in [1.165, 1.54) is 0 Å². The van der Waals surface area contributed by atoms with E-state index in [9.17, 15) is 14.4 Å². The van der Waals surface area contributed by atoms with Gasteiger partial charge < -0.3 is 20.7 Å². The molecule has 0 spiro atoms. The molecule has 0 bridgehead atoms. The summed E-state index contributed by atoms with van der Waals surface area (Å²) >= 11 is 0. The van der Waals surface area contributed by atoms with E-state index in [1.807, 2.05) is 0 Å². The van der Waals surface area contributed by atoms with Crippen LogP contribution in [0.3, 0.4) is 0 Å². The molecule has 0 aliphatic carbocycles. The van der Waals surface area contributed by atoms with E-state index in [-0.39, 0.29) is 24.1 Å². The summed E-state index contributed by atoms with van der Waals surface area (Å²) in [5.74, 6) is -0.0163. The SMILES string of the molecule is CC(=O)CCCCCNC(=O)CNC(=O)CCCCCNC(C)C. The lowest BCUT2D eigenvalue weighted by molar-refractivity contribution is -0.126. The number of carbonyl (C=O) groups is 3. The normalized spacial score (nSPS) is 10.7. The number of hydrogen-bond donors (Lipinski definition) is 3. The molecule has 0 saturated heterocycles. The third-order valence-electron chi connectivity index (χ3n) is 3.61. The topological polar surface area (TPSA) is 87.3 Å². The Morgan fingerprint density at radius 1 is 0.750 bits per heavy atom. The van der Waals surface area contributed by atoms with Gasteiger partial charge in [0.15, 0.2) is 0 Å². The molecule has 24 heavy (non-hydrogen) atoms. The van der Waals surface area contributed by atoms with Gasteiger partial charge in [0.05, 0.1) is 6.54 Å². The quantitative estimate of drug-likeness (QED) is 0.397. The fraction of sp³-hybridized carbons (Fsp3) is 0.833. The lowest BCUT2D eigenvalue weighted by Gasteiger charge is -2.08. The summed E-state index contributed by atoms with van der Waals surface area (Å²) in [5.41, 5.74) is 0. The average molecular weight is 341 g/mol. The van der Waals surface area contributed by atoms with E-state index in [2.05, 4.69) is 29.8 Å². The highest BCUT2D eigenvalue weighted by atomic mass is 16.2. The standard InChI is InChI=1S/C18H35N3O3/c1-15(2)19-12-8-5-7-11-17(23)21-14-18(24)20-13-9-4-6-10-16(3)22/h15,19H,4-14H2,1-3H3,(H,20,24)(H,21,23). The van der Waals surface area contributed by atoms with Gasteiger partial charge in [-0.2, -0.15) is 0 Å². The molecule has 0 heterocycles. The van der Waals surface area contributed by atoms with Crippen LogP contribution in [0.15, 0.2) is 0 Å². The summed E-state index contributed by atoms with van der Waals surface area (Å²) in [4.78, 5) is 34.0. The predicted octanol–water partition coefficient (Wildman–Crippen LogP) is 1.93. The van der Waals surface area contributed by atoms with Crippen LogP contribution in [0.2, 0.25) is 0 Å². The minimum atomic E-state index is -0.156. The van der Waals surface area contributed by atoms with Gasteiger partial charge in [-0.1, -0.05) is 26.7 Å². The third-order valence-corrected chi connectivity index (χ3v) is 3.61. The molecule has 2 amide bonds. The monoisotopic (exact) mass is 341 g/mol. The number of amides is 2. The molecule has 0 aromatic rings. The lowest BCUT2D eigenvalue weighted by Crippen LogP contribution is -2.37. The molecule has 0 saturated carbocycles. The number of nitrogens with one attached hydrogen (secondary N) is 3. The molecule has 6 nitrogen and oxygen atoms in total. The molecule has 6 heteroatoms. The molecule has 0 fully saturated rings. The Labute approximate surface area is 146 Å². The number of rotatable bonds is 15. The summed E-state index contributed by atoms with van der Waals surface area (Å²) in [6, 6.07) is 0.501. The Morgan fingerprint density at radius 2 is 1.38 bits per heavy atom. The van der Waals surface area contributed by atoms with E-state index in [4.69, 9.17) is 0 Å². The molecule has 0 unspecified atom stereocenters. The van der Waals surface area contributed by atoms with E-state index in [0.717, 1.165) is 45.1 Å². The molecule has 0 aliphatic rings. The van der Waals surface area contributed by atoms with Crippen LogP contribution in [0.25, 0.3) is 0 Å². The van der Waals surface area contributed by atoms with Gasteiger partial charge in [-0.3, -0.25) is 9.59 Å². The average Bonchev–Trinajstić information content (AvgIpc) is 2.51. The van der Waals surface area contributed by atoms with Crippen molar-refractivity contribution in [2.45, 2.75) is 78.2 Å². The van der Waals surface area contributed by atoms with Crippen LogP contribution >= 0.6 is 0 Å². The van der Waals surface area contributed by atoms with Gasteiger partial charge >= 0.3 is 0 Å². The van der Waals surface area contributed by atoms with Crippen molar-refractivity contribution in [3.8, 4) is 0 Å². The van der Waals surface area contributed by atoms with Crippen molar-refractivity contribution in [1.29, 1.82) is 0 Å². The van der Waals surface area contributed by atoms with Gasteiger partial charge in [-0.05, 0) is 39.2 Å². The zero-order valence-corrected chi connectivity index (χ0v) is 15.6. The minimum Gasteiger partial charge on any atom is -0.355 e. The first-order valence-corrected chi connectivity index (χ1v) is 9.18.